The van der Waals surface area contributed by atoms with E-state index in [1.165, 1.54) is 6.26 Å². The quantitative estimate of drug-likeness (QED) is 0.791. The minimum absolute atomic E-state index is 0.0105. The van der Waals surface area contributed by atoms with Crippen LogP contribution in [-0.4, -0.2) is 32.5 Å². The first-order valence-corrected chi connectivity index (χ1v) is 8.99. The molecule has 1 heterocycles. The lowest BCUT2D eigenvalue weighted by molar-refractivity contribution is -0.138. The molecule has 1 aromatic heterocycles. The number of hydrogen-bond donors (Lipinski definition) is 1. The van der Waals surface area contributed by atoms with E-state index < -0.39 is 51.1 Å². The van der Waals surface area contributed by atoms with Gasteiger partial charge in [-0.2, -0.15) is 13.2 Å². The highest BCUT2D eigenvalue weighted by atomic mass is 32.2. The molecule has 1 N–H and O–H groups in total. The Hall–Kier alpha value is -2.49. The lowest BCUT2D eigenvalue weighted by atomic mass is 9.95. The summed E-state index contributed by atoms with van der Waals surface area (Å²) in [5, 5.41) is 12.5. The number of alkyl halides is 3. The Bertz CT molecular complexity index is 930. The minimum Gasteiger partial charge on any atom is -0.476 e. The Morgan fingerprint density at radius 3 is 2.46 bits per heavy atom. The summed E-state index contributed by atoms with van der Waals surface area (Å²) in [4.78, 5) is 24.0. The average Bonchev–Trinajstić information content (AvgIpc) is 3.30. The zero-order valence-electron chi connectivity index (χ0n) is 13.3. The molecule has 2 aromatic rings. The van der Waals surface area contributed by atoms with Gasteiger partial charge in [0.1, 0.15) is 5.56 Å². The van der Waals surface area contributed by atoms with Crippen molar-refractivity contribution >= 4 is 22.6 Å². The topological polar surface area (TPSA) is 97.5 Å². The van der Waals surface area contributed by atoms with Crippen LogP contribution in [0.5, 0.6) is 0 Å². The molecular weight excluding hydrogens is 375 g/mol. The molecule has 10 heteroatoms. The molecular formula is C16H12F3NO5S. The largest absolute Gasteiger partial charge is 0.476 e. The summed E-state index contributed by atoms with van der Waals surface area (Å²) < 4.78 is 56.7. The number of halogens is 3. The molecule has 0 spiro atoms. The fourth-order valence-corrected chi connectivity index (χ4v) is 3.11. The molecule has 1 aliphatic carbocycles. The van der Waals surface area contributed by atoms with Crippen LogP contribution in [0.4, 0.5) is 13.2 Å². The number of carbonyl (C=O) groups is 2. The van der Waals surface area contributed by atoms with Crippen molar-refractivity contribution in [1.29, 1.82) is 0 Å². The van der Waals surface area contributed by atoms with Gasteiger partial charge in [-0.15, -0.1) is 0 Å². The van der Waals surface area contributed by atoms with Gasteiger partial charge in [-0.05, 0) is 31.0 Å². The molecule has 1 aliphatic rings. The van der Waals surface area contributed by atoms with Crippen LogP contribution >= 0.6 is 0 Å². The standard InChI is InChI=1S/C16H12F3NO5S/c1-26(24)8-4-5-9(10(6-8)16(17,18)19)13(21)11-12(15(22)23)20-25-14(11)7-2-3-7/h4-7H,2-3H2,1H3,(H,22,23). The second-order valence-electron chi connectivity index (χ2n) is 5.84. The van der Waals surface area contributed by atoms with Crippen molar-refractivity contribution in [2.75, 3.05) is 6.26 Å². The number of aromatic carboxylic acids is 1. The number of aromatic nitrogens is 1. The number of carbonyl (C=O) groups excluding carboxylic acids is 1. The van der Waals surface area contributed by atoms with Gasteiger partial charge >= 0.3 is 12.1 Å². The van der Waals surface area contributed by atoms with Crippen LogP contribution in [0.3, 0.4) is 0 Å². The number of ketones is 1. The number of carboxylic acids is 1. The number of carboxylic acid groups (broad SMARTS) is 1. The van der Waals surface area contributed by atoms with E-state index in [0.29, 0.717) is 18.9 Å². The predicted octanol–water partition coefficient (Wildman–Crippen LogP) is 3.24. The van der Waals surface area contributed by atoms with E-state index >= 15 is 0 Å². The lowest BCUT2D eigenvalue weighted by Crippen LogP contribution is -2.17. The molecule has 138 valence electrons. The Morgan fingerprint density at radius 1 is 1.31 bits per heavy atom. The Morgan fingerprint density at radius 2 is 1.96 bits per heavy atom. The first kappa shape index (κ1) is 18.3. The van der Waals surface area contributed by atoms with E-state index in [1.54, 1.807) is 0 Å². The number of hydrogen-bond acceptors (Lipinski definition) is 5. The third-order valence-corrected chi connectivity index (χ3v) is 4.89. The van der Waals surface area contributed by atoms with Crippen LogP contribution in [0.15, 0.2) is 27.6 Å². The van der Waals surface area contributed by atoms with Crippen molar-refractivity contribution < 1.29 is 36.6 Å². The van der Waals surface area contributed by atoms with E-state index in [-0.39, 0.29) is 16.6 Å². The minimum atomic E-state index is -4.89. The highest BCUT2D eigenvalue weighted by Crippen LogP contribution is 2.43. The van der Waals surface area contributed by atoms with Gasteiger partial charge in [-0.3, -0.25) is 9.00 Å². The maximum absolute atomic E-state index is 13.4. The smallest absolute Gasteiger partial charge is 0.417 e. The second-order valence-corrected chi connectivity index (χ2v) is 7.22. The SMILES string of the molecule is CS(=O)c1ccc(C(=O)c2c(C(=O)O)noc2C2CC2)c(C(F)(F)F)c1. The third-order valence-electron chi connectivity index (χ3n) is 3.97. The van der Waals surface area contributed by atoms with E-state index in [9.17, 15) is 32.1 Å². The molecule has 0 saturated heterocycles. The summed E-state index contributed by atoms with van der Waals surface area (Å²) in [5.41, 5.74) is -3.20. The van der Waals surface area contributed by atoms with Crippen LogP contribution in [0.2, 0.25) is 0 Å². The highest BCUT2D eigenvalue weighted by molar-refractivity contribution is 7.84. The predicted molar refractivity (Wildman–Crippen MR) is 82.6 cm³/mol. The van der Waals surface area contributed by atoms with Crippen molar-refractivity contribution in [2.45, 2.75) is 29.8 Å². The normalized spacial score (nSPS) is 15.7. The Kier molecular flexibility index (Phi) is 4.47. The summed E-state index contributed by atoms with van der Waals surface area (Å²) in [6.45, 7) is 0. The maximum atomic E-state index is 13.4. The molecule has 26 heavy (non-hydrogen) atoms. The first-order chi connectivity index (χ1) is 12.1. The molecule has 0 radical (unpaired) electrons. The van der Waals surface area contributed by atoms with Crippen molar-refractivity contribution in [3.63, 3.8) is 0 Å². The number of rotatable bonds is 5. The second kappa shape index (κ2) is 6.35. The van der Waals surface area contributed by atoms with E-state index in [1.807, 2.05) is 0 Å². The van der Waals surface area contributed by atoms with Crippen molar-refractivity contribution in [3.8, 4) is 0 Å². The Labute approximate surface area is 147 Å². The van der Waals surface area contributed by atoms with Gasteiger partial charge in [-0.25, -0.2) is 4.79 Å². The van der Waals surface area contributed by atoms with Crippen molar-refractivity contribution in [2.24, 2.45) is 0 Å². The average molecular weight is 387 g/mol. The van der Waals surface area contributed by atoms with Gasteiger partial charge in [0.2, 0.25) is 5.69 Å². The van der Waals surface area contributed by atoms with Gasteiger partial charge in [0.15, 0.2) is 11.5 Å². The summed E-state index contributed by atoms with van der Waals surface area (Å²) >= 11 is 0. The monoisotopic (exact) mass is 387 g/mol. The number of benzene rings is 1. The molecule has 0 bridgehead atoms. The molecule has 6 nitrogen and oxygen atoms in total. The fourth-order valence-electron chi connectivity index (χ4n) is 2.56. The molecule has 1 unspecified atom stereocenters. The number of nitrogens with zero attached hydrogens (tertiary/aromatic N) is 1. The van der Waals surface area contributed by atoms with E-state index in [2.05, 4.69) is 5.16 Å². The van der Waals surface area contributed by atoms with Crippen molar-refractivity contribution in [3.05, 3.63) is 46.3 Å². The molecule has 0 aliphatic heterocycles. The summed E-state index contributed by atoms with van der Waals surface area (Å²) in [5.74, 6) is -2.94. The van der Waals surface area contributed by atoms with Crippen LogP contribution in [0, 0.1) is 0 Å². The van der Waals surface area contributed by atoms with Crippen LogP contribution < -0.4 is 0 Å². The van der Waals surface area contributed by atoms with Crippen molar-refractivity contribution in [1.82, 2.24) is 5.16 Å². The van der Waals surface area contributed by atoms with E-state index in [4.69, 9.17) is 4.52 Å². The molecule has 3 rings (SSSR count). The van der Waals surface area contributed by atoms with Crippen LogP contribution in [0.1, 0.15) is 56.5 Å². The first-order valence-electron chi connectivity index (χ1n) is 7.43. The molecule has 1 atom stereocenters. The Balaban J connectivity index is 2.19. The van der Waals surface area contributed by atoms with Gasteiger partial charge < -0.3 is 9.63 Å². The molecule has 1 saturated carbocycles. The summed E-state index contributed by atoms with van der Waals surface area (Å²) in [6, 6.07) is 2.68. The molecule has 1 fully saturated rings. The molecule has 1 aromatic carbocycles. The maximum Gasteiger partial charge on any atom is 0.417 e. The van der Waals surface area contributed by atoms with Crippen LogP contribution in [-0.2, 0) is 17.0 Å². The fraction of sp³-hybridized carbons (Fsp3) is 0.312. The zero-order valence-corrected chi connectivity index (χ0v) is 14.1. The molecule has 0 amide bonds. The van der Waals surface area contributed by atoms with Gasteiger partial charge in [0, 0.05) is 33.4 Å². The summed E-state index contributed by atoms with van der Waals surface area (Å²) in [6.07, 6.45) is -2.41. The zero-order chi connectivity index (χ0) is 19.2. The van der Waals surface area contributed by atoms with Gasteiger partial charge in [0.25, 0.3) is 0 Å². The highest BCUT2D eigenvalue weighted by Gasteiger charge is 2.41. The third kappa shape index (κ3) is 3.28. The van der Waals surface area contributed by atoms with Gasteiger partial charge in [0.05, 0.1) is 5.56 Å². The lowest BCUT2D eigenvalue weighted by Gasteiger charge is -2.13. The van der Waals surface area contributed by atoms with E-state index in [0.717, 1.165) is 12.1 Å². The van der Waals surface area contributed by atoms with Crippen LogP contribution in [0.25, 0.3) is 0 Å². The summed E-state index contributed by atoms with van der Waals surface area (Å²) in [7, 11) is -1.68. The van der Waals surface area contributed by atoms with Gasteiger partial charge in [-0.1, -0.05) is 5.16 Å².